The Kier molecular flexibility index (Phi) is 13.0. The van der Waals surface area contributed by atoms with Crippen LogP contribution in [0.3, 0.4) is 0 Å². The van der Waals surface area contributed by atoms with E-state index >= 15 is 0 Å². The number of hydrogen-bond acceptors (Lipinski definition) is 5. The number of ether oxygens (including phenoxy) is 1. The zero-order chi connectivity index (χ0) is 26.3. The molecule has 2 aromatic rings. The van der Waals surface area contributed by atoms with Gasteiger partial charge in [-0.15, -0.1) is 0 Å². The fourth-order valence-corrected chi connectivity index (χ4v) is 8.00. The topological polar surface area (TPSA) is 122 Å². The summed E-state index contributed by atoms with van der Waals surface area (Å²) in [5.41, 5.74) is 1.59. The molecule has 2 unspecified atom stereocenters. The number of carboxylic acids is 1. The van der Waals surface area contributed by atoms with Crippen LogP contribution in [-0.4, -0.2) is 61.2 Å². The van der Waals surface area contributed by atoms with Crippen molar-refractivity contribution in [1.29, 1.82) is 0 Å². The van der Waals surface area contributed by atoms with E-state index in [4.69, 9.17) is 4.74 Å². The van der Waals surface area contributed by atoms with Gasteiger partial charge >= 0.3 is 178 Å². The van der Waals surface area contributed by atoms with Crippen LogP contribution in [0.4, 0.5) is 4.79 Å². The van der Waals surface area contributed by atoms with Gasteiger partial charge in [0.1, 0.15) is 0 Å². The first-order valence-electron chi connectivity index (χ1n) is 12.1. The molecule has 0 heterocycles. The molecule has 0 radical (unpaired) electrons. The number of nitrogens with one attached hydrogen (secondary N) is 2. The normalized spacial score (nSPS) is 12.4. The Morgan fingerprint density at radius 1 is 0.861 bits per heavy atom. The van der Waals surface area contributed by atoms with E-state index in [9.17, 15) is 24.3 Å². The van der Waals surface area contributed by atoms with Crippen molar-refractivity contribution < 1.29 is 29.0 Å². The third-order valence-corrected chi connectivity index (χ3v) is 13.1. The van der Waals surface area contributed by atoms with Gasteiger partial charge in [-0.25, -0.2) is 0 Å². The first-order chi connectivity index (χ1) is 17.3. The molecule has 2 rings (SSSR count). The summed E-state index contributed by atoms with van der Waals surface area (Å²) in [4.78, 5) is 49.7. The predicted molar refractivity (Wildman–Crippen MR) is 139 cm³/mol. The molecule has 194 valence electrons. The minimum atomic E-state index is -1.56. The number of aliphatic carboxylic acids is 1. The molecule has 0 aliphatic rings. The van der Waals surface area contributed by atoms with Gasteiger partial charge in [0, 0.05) is 0 Å². The van der Waals surface area contributed by atoms with Gasteiger partial charge < -0.3 is 0 Å². The standard InChI is InChI=1S/C23H25N2O6.2C2H5.Sb/c1-16(26)12-13-19(22(28)29)24-21(27)20(14-17-8-4-2-5-9-17)25-23(30)31-15-18-10-6-3-7-11-18;2*1-2;/h2-11,19-20H,1,12-15H2,(H,24,27)(H,25,30)(H,28,29);2*1H2,2H3;. The van der Waals surface area contributed by atoms with Crippen LogP contribution in [0.25, 0.3) is 0 Å². The van der Waals surface area contributed by atoms with Crippen molar-refractivity contribution in [3.8, 4) is 0 Å². The van der Waals surface area contributed by atoms with Crippen molar-refractivity contribution in [3.05, 3.63) is 71.8 Å². The summed E-state index contributed by atoms with van der Waals surface area (Å²) in [6.07, 6.45) is -0.513. The Morgan fingerprint density at radius 2 is 1.44 bits per heavy atom. The first-order valence-corrected chi connectivity index (χ1v) is 17.5. The van der Waals surface area contributed by atoms with Gasteiger partial charge in [-0.3, -0.25) is 0 Å². The fraction of sp³-hybridized carbons (Fsp3) is 0.407. The van der Waals surface area contributed by atoms with E-state index in [1.165, 1.54) is 0 Å². The Labute approximate surface area is 219 Å². The number of Topliss-reactive ketones (excluding diaryl/α,β-unsaturated/α-hetero) is 1. The maximum absolute atomic E-state index is 13.1. The maximum atomic E-state index is 13.1. The number of rotatable bonds is 15. The molecular formula is C27H35N2O6Sb. The van der Waals surface area contributed by atoms with E-state index in [-0.39, 0.29) is 31.7 Å². The van der Waals surface area contributed by atoms with E-state index in [0.717, 1.165) is 19.9 Å². The second-order valence-corrected chi connectivity index (χ2v) is 16.7. The number of carbonyl (C=O) groups is 4. The molecule has 0 saturated carbocycles. The molecule has 0 saturated heterocycles. The van der Waals surface area contributed by atoms with Crippen LogP contribution in [0, 0.1) is 0 Å². The molecule has 2 amide bonds. The molecule has 3 N–H and O–H groups in total. The van der Waals surface area contributed by atoms with Crippen LogP contribution in [0.1, 0.15) is 37.8 Å². The first kappa shape index (κ1) is 29.4. The van der Waals surface area contributed by atoms with Gasteiger partial charge in [0.15, 0.2) is 0 Å². The number of carboxylic acid groups (broad SMARTS) is 1. The second kappa shape index (κ2) is 16.0. The van der Waals surface area contributed by atoms with E-state index in [1.807, 2.05) is 60.7 Å². The summed E-state index contributed by atoms with van der Waals surface area (Å²) in [6, 6.07) is 15.9. The third-order valence-electron chi connectivity index (χ3n) is 5.72. The van der Waals surface area contributed by atoms with Gasteiger partial charge in [0.2, 0.25) is 0 Å². The second-order valence-electron chi connectivity index (χ2n) is 8.39. The number of alkyl carbamates (subject to hydrolysis) is 1. The Hall–Kier alpha value is -2.86. The quantitative estimate of drug-likeness (QED) is 0.264. The molecule has 0 aromatic heterocycles. The third kappa shape index (κ3) is 10.8. The van der Waals surface area contributed by atoms with Crippen molar-refractivity contribution in [2.24, 2.45) is 0 Å². The van der Waals surface area contributed by atoms with E-state index in [2.05, 4.69) is 24.5 Å². The molecule has 0 aliphatic carbocycles. The van der Waals surface area contributed by atoms with Gasteiger partial charge in [0.05, 0.1) is 0 Å². The zero-order valence-corrected chi connectivity index (χ0v) is 23.4. The Bertz CT molecular complexity index is 982. The van der Waals surface area contributed by atoms with Gasteiger partial charge in [-0.2, -0.15) is 0 Å². The summed E-state index contributed by atoms with van der Waals surface area (Å²) in [5.74, 6) is -1.80. The molecule has 0 aliphatic heterocycles. The average molecular weight is 605 g/mol. The van der Waals surface area contributed by atoms with Crippen molar-refractivity contribution >= 4 is 44.0 Å². The van der Waals surface area contributed by atoms with Crippen LogP contribution < -0.4 is 10.6 Å². The van der Waals surface area contributed by atoms with E-state index in [0.29, 0.717) is 4.37 Å². The fourth-order valence-electron chi connectivity index (χ4n) is 3.58. The van der Waals surface area contributed by atoms with Crippen LogP contribution in [0.5, 0.6) is 0 Å². The summed E-state index contributed by atoms with van der Waals surface area (Å²) in [6.45, 7) is 4.24. The molecule has 0 spiro atoms. The SMILES string of the molecule is C[CH2][Sb]([CH2]C)[CH2]C(=O)CCC(NC(=O)C(Cc1ccccc1)NC(=O)OCc1ccccc1)C(=O)O. The van der Waals surface area contributed by atoms with Crippen LogP contribution in [0.15, 0.2) is 60.7 Å². The molecule has 2 atom stereocenters. The Balaban J connectivity index is 2.02. The molecule has 8 nitrogen and oxygen atoms in total. The monoisotopic (exact) mass is 604 g/mol. The Morgan fingerprint density at radius 3 is 2.00 bits per heavy atom. The van der Waals surface area contributed by atoms with Crippen molar-refractivity contribution in [3.63, 3.8) is 0 Å². The number of hydrogen-bond donors (Lipinski definition) is 3. The number of ketones is 1. The van der Waals surface area contributed by atoms with E-state index < -0.39 is 50.3 Å². The average Bonchev–Trinajstić information content (AvgIpc) is 2.89. The summed E-state index contributed by atoms with van der Waals surface area (Å²) < 4.78 is 7.97. The van der Waals surface area contributed by atoms with Crippen LogP contribution in [-0.2, 0) is 32.1 Å². The number of carbonyl (C=O) groups excluding carboxylic acids is 3. The van der Waals surface area contributed by atoms with Crippen molar-refractivity contribution in [1.82, 2.24) is 10.6 Å². The molecule has 0 bridgehead atoms. The number of benzene rings is 2. The summed E-state index contributed by atoms with van der Waals surface area (Å²) in [7, 11) is 0. The zero-order valence-electron chi connectivity index (χ0n) is 20.8. The van der Waals surface area contributed by atoms with Gasteiger partial charge in [-0.05, 0) is 5.56 Å². The molecule has 36 heavy (non-hydrogen) atoms. The van der Waals surface area contributed by atoms with Gasteiger partial charge in [-0.1, -0.05) is 36.4 Å². The van der Waals surface area contributed by atoms with Crippen LogP contribution >= 0.6 is 0 Å². The molecule has 9 heteroatoms. The minimum absolute atomic E-state index is 0.0120. The molecule has 0 fully saturated rings. The van der Waals surface area contributed by atoms with Crippen LogP contribution in [0.2, 0.25) is 13.1 Å². The number of amides is 2. The van der Waals surface area contributed by atoms with Crippen molar-refractivity contribution in [2.45, 2.75) is 64.9 Å². The summed E-state index contributed by atoms with van der Waals surface area (Å²) in [5, 5.41) is 14.7. The molecule has 2 aromatic carbocycles. The van der Waals surface area contributed by atoms with Crippen molar-refractivity contribution in [2.75, 3.05) is 0 Å². The van der Waals surface area contributed by atoms with E-state index in [1.54, 1.807) is 0 Å². The predicted octanol–water partition coefficient (Wildman–Crippen LogP) is 3.98. The molecular weight excluding hydrogens is 570 g/mol. The van der Waals surface area contributed by atoms with Gasteiger partial charge in [0.25, 0.3) is 0 Å². The summed E-state index contributed by atoms with van der Waals surface area (Å²) >= 11 is -1.56.